The average molecular weight is 407 g/mol. The molecular formula is C22H25N5O3. The zero-order valence-electron chi connectivity index (χ0n) is 16.9. The number of aromatic nitrogens is 1. The molecule has 1 spiro atoms. The second-order valence-electron chi connectivity index (χ2n) is 7.85. The quantitative estimate of drug-likeness (QED) is 0.815. The van der Waals surface area contributed by atoms with E-state index < -0.39 is 5.60 Å². The molecule has 3 heterocycles. The maximum Gasteiger partial charge on any atom is 0.321 e. The Bertz CT molecular complexity index is 945. The fourth-order valence-corrected chi connectivity index (χ4v) is 3.76. The summed E-state index contributed by atoms with van der Waals surface area (Å²) in [5, 5.41) is 9.82. The number of piperidine rings is 1. The van der Waals surface area contributed by atoms with Gasteiger partial charge in [0.15, 0.2) is 5.60 Å². The van der Waals surface area contributed by atoms with Crippen LogP contribution < -0.4 is 10.6 Å². The number of hydrogen-bond acceptors (Lipinski definition) is 5. The third kappa shape index (κ3) is 4.59. The second-order valence-corrected chi connectivity index (χ2v) is 7.85. The van der Waals surface area contributed by atoms with E-state index in [1.165, 1.54) is 0 Å². The number of hydrogen-bond donors (Lipinski definition) is 2. The molecule has 1 aromatic carbocycles. The molecule has 2 aliphatic heterocycles. The van der Waals surface area contributed by atoms with Crippen LogP contribution in [-0.4, -0.2) is 46.2 Å². The number of urea groups is 1. The Balaban J connectivity index is 1.32. The SMILES string of the molecule is Cc1ccc(NC(=O)N2CCCC3(CC(C(=O)NCc4cccnc4)=NO3)C2)cc1. The van der Waals surface area contributed by atoms with Crippen molar-refractivity contribution in [3.8, 4) is 0 Å². The summed E-state index contributed by atoms with van der Waals surface area (Å²) in [5.41, 5.74) is 2.53. The van der Waals surface area contributed by atoms with Crippen molar-refractivity contribution in [2.45, 2.75) is 38.3 Å². The van der Waals surface area contributed by atoms with Crippen molar-refractivity contribution in [3.63, 3.8) is 0 Å². The first-order valence-corrected chi connectivity index (χ1v) is 10.1. The lowest BCUT2D eigenvalue weighted by atomic mass is 9.88. The van der Waals surface area contributed by atoms with Crippen molar-refractivity contribution < 1.29 is 14.4 Å². The summed E-state index contributed by atoms with van der Waals surface area (Å²) in [5.74, 6) is -0.253. The molecule has 2 aliphatic rings. The molecule has 3 amide bonds. The highest BCUT2D eigenvalue weighted by Gasteiger charge is 2.45. The lowest BCUT2D eigenvalue weighted by Gasteiger charge is -2.38. The van der Waals surface area contributed by atoms with Crippen LogP contribution in [0.25, 0.3) is 0 Å². The number of nitrogens with one attached hydrogen (secondary N) is 2. The number of likely N-dealkylation sites (tertiary alicyclic amines) is 1. The molecule has 8 nitrogen and oxygen atoms in total. The Morgan fingerprint density at radius 3 is 2.83 bits per heavy atom. The van der Waals surface area contributed by atoms with Crippen molar-refractivity contribution in [2.75, 3.05) is 18.4 Å². The third-order valence-corrected chi connectivity index (χ3v) is 5.41. The van der Waals surface area contributed by atoms with Crippen LogP contribution in [-0.2, 0) is 16.2 Å². The Morgan fingerprint density at radius 2 is 2.07 bits per heavy atom. The lowest BCUT2D eigenvalue weighted by Crippen LogP contribution is -2.52. The van der Waals surface area contributed by atoms with Crippen LogP contribution >= 0.6 is 0 Å². The van der Waals surface area contributed by atoms with Gasteiger partial charge in [-0.3, -0.25) is 9.78 Å². The zero-order valence-corrected chi connectivity index (χ0v) is 16.9. The van der Waals surface area contributed by atoms with Crippen LogP contribution in [0.15, 0.2) is 53.9 Å². The predicted octanol–water partition coefficient (Wildman–Crippen LogP) is 2.85. The van der Waals surface area contributed by atoms with E-state index >= 15 is 0 Å². The Hall–Kier alpha value is -3.42. The standard InChI is InChI=1S/C22H25N5O3/c1-16-5-7-18(8-6-16)25-21(29)27-11-3-9-22(15-27)12-19(26-30-22)20(28)24-14-17-4-2-10-23-13-17/h2,4-8,10,13H,3,9,11-12,14-15H2,1H3,(H,24,28)(H,25,29). The molecule has 1 atom stereocenters. The summed E-state index contributed by atoms with van der Waals surface area (Å²) in [7, 11) is 0. The van der Waals surface area contributed by atoms with Crippen LogP contribution in [0.5, 0.6) is 0 Å². The summed E-state index contributed by atoms with van der Waals surface area (Å²) in [6.45, 7) is 3.42. The largest absolute Gasteiger partial charge is 0.386 e. The molecule has 30 heavy (non-hydrogen) atoms. The molecule has 0 saturated carbocycles. The van der Waals surface area contributed by atoms with E-state index in [9.17, 15) is 9.59 Å². The van der Waals surface area contributed by atoms with E-state index in [0.29, 0.717) is 31.8 Å². The van der Waals surface area contributed by atoms with Gasteiger partial charge >= 0.3 is 6.03 Å². The van der Waals surface area contributed by atoms with Gasteiger partial charge in [-0.25, -0.2) is 4.79 Å². The minimum atomic E-state index is -0.635. The number of carbonyl (C=O) groups excluding carboxylic acids is 2. The third-order valence-electron chi connectivity index (χ3n) is 5.41. The summed E-state index contributed by atoms with van der Waals surface area (Å²) < 4.78 is 0. The average Bonchev–Trinajstić information content (AvgIpc) is 3.17. The van der Waals surface area contributed by atoms with Crippen molar-refractivity contribution in [1.82, 2.24) is 15.2 Å². The van der Waals surface area contributed by atoms with E-state index in [2.05, 4.69) is 20.8 Å². The Morgan fingerprint density at radius 1 is 1.23 bits per heavy atom. The van der Waals surface area contributed by atoms with Gasteiger partial charge in [-0.15, -0.1) is 0 Å². The smallest absolute Gasteiger partial charge is 0.321 e. The predicted molar refractivity (Wildman–Crippen MR) is 113 cm³/mol. The highest BCUT2D eigenvalue weighted by Crippen LogP contribution is 2.33. The maximum absolute atomic E-state index is 12.7. The van der Waals surface area contributed by atoms with Gasteiger partial charge in [0.1, 0.15) is 5.71 Å². The molecule has 1 unspecified atom stereocenters. The van der Waals surface area contributed by atoms with Gasteiger partial charge in [0.05, 0.1) is 6.54 Å². The van der Waals surface area contributed by atoms with E-state index in [0.717, 1.165) is 29.7 Å². The highest BCUT2D eigenvalue weighted by atomic mass is 16.7. The highest BCUT2D eigenvalue weighted by molar-refractivity contribution is 6.39. The molecular weight excluding hydrogens is 382 g/mol. The number of aryl methyl sites for hydroxylation is 1. The first kappa shape index (κ1) is 19.9. The van der Waals surface area contributed by atoms with Crippen molar-refractivity contribution in [3.05, 3.63) is 59.9 Å². The minimum Gasteiger partial charge on any atom is -0.386 e. The maximum atomic E-state index is 12.7. The number of oxime groups is 1. The van der Waals surface area contributed by atoms with Gasteiger partial charge in [-0.1, -0.05) is 28.9 Å². The zero-order chi connectivity index (χ0) is 21.0. The molecule has 0 aliphatic carbocycles. The molecule has 156 valence electrons. The van der Waals surface area contributed by atoms with Crippen molar-refractivity contribution >= 4 is 23.3 Å². The van der Waals surface area contributed by atoms with Crippen LogP contribution in [0.2, 0.25) is 0 Å². The first-order chi connectivity index (χ1) is 14.5. The number of nitrogens with zero attached hydrogens (tertiary/aromatic N) is 3. The molecule has 0 bridgehead atoms. The minimum absolute atomic E-state index is 0.170. The Labute approximate surface area is 175 Å². The van der Waals surface area contributed by atoms with Crippen molar-refractivity contribution in [2.24, 2.45) is 5.16 Å². The topological polar surface area (TPSA) is 95.9 Å². The van der Waals surface area contributed by atoms with Crippen LogP contribution in [0.4, 0.5) is 10.5 Å². The number of pyridine rings is 1. The lowest BCUT2D eigenvalue weighted by molar-refractivity contribution is -0.115. The number of anilines is 1. The molecule has 1 fully saturated rings. The van der Waals surface area contributed by atoms with Gasteiger partial charge in [0.2, 0.25) is 0 Å². The van der Waals surface area contributed by atoms with Gasteiger partial charge in [-0.2, -0.15) is 0 Å². The van der Waals surface area contributed by atoms with Gasteiger partial charge in [0.25, 0.3) is 5.91 Å². The molecule has 4 rings (SSSR count). The van der Waals surface area contributed by atoms with Crippen molar-refractivity contribution in [1.29, 1.82) is 0 Å². The molecule has 2 aromatic rings. The number of carbonyl (C=O) groups is 2. The first-order valence-electron chi connectivity index (χ1n) is 10.1. The van der Waals surface area contributed by atoms with Crippen LogP contribution in [0, 0.1) is 6.92 Å². The molecule has 2 N–H and O–H groups in total. The molecule has 8 heteroatoms. The van der Waals surface area contributed by atoms with Gasteiger partial charge < -0.3 is 20.4 Å². The number of amides is 3. The number of benzene rings is 1. The molecule has 1 saturated heterocycles. The van der Waals surface area contributed by atoms with Gasteiger partial charge in [0, 0.05) is 37.6 Å². The monoisotopic (exact) mass is 407 g/mol. The van der Waals surface area contributed by atoms with E-state index in [4.69, 9.17) is 4.84 Å². The fraction of sp³-hybridized carbons (Fsp3) is 0.364. The molecule has 1 aromatic heterocycles. The van der Waals surface area contributed by atoms with Crippen LogP contribution in [0.3, 0.4) is 0 Å². The van der Waals surface area contributed by atoms with E-state index in [-0.39, 0.29) is 11.9 Å². The normalized spacial score (nSPS) is 20.4. The summed E-state index contributed by atoms with van der Waals surface area (Å²) in [4.78, 5) is 36.7. The summed E-state index contributed by atoms with van der Waals surface area (Å²) >= 11 is 0. The summed E-state index contributed by atoms with van der Waals surface area (Å²) in [6, 6.07) is 11.2. The van der Waals surface area contributed by atoms with Gasteiger partial charge in [-0.05, 0) is 43.5 Å². The van der Waals surface area contributed by atoms with Crippen LogP contribution in [0.1, 0.15) is 30.4 Å². The fourth-order valence-electron chi connectivity index (χ4n) is 3.76. The molecule has 0 radical (unpaired) electrons. The Kier molecular flexibility index (Phi) is 5.65. The number of rotatable bonds is 4. The summed E-state index contributed by atoms with van der Waals surface area (Å²) in [6.07, 6.45) is 5.33. The second kappa shape index (κ2) is 8.52. The van der Waals surface area contributed by atoms with E-state index in [1.807, 2.05) is 43.3 Å². The van der Waals surface area contributed by atoms with E-state index in [1.54, 1.807) is 17.3 Å².